The Bertz CT molecular complexity index is 580. The van der Waals surface area contributed by atoms with E-state index in [9.17, 15) is 0 Å². The number of rotatable bonds is 5. The van der Waals surface area contributed by atoms with Crippen LogP contribution >= 0.6 is 11.6 Å². The van der Waals surface area contributed by atoms with Crippen molar-refractivity contribution in [2.45, 2.75) is 40.3 Å². The van der Waals surface area contributed by atoms with E-state index < -0.39 is 0 Å². The van der Waals surface area contributed by atoms with Crippen LogP contribution < -0.4 is 5.32 Å². The molecule has 4 nitrogen and oxygen atoms in total. The Morgan fingerprint density at radius 2 is 2.05 bits per heavy atom. The van der Waals surface area contributed by atoms with Gasteiger partial charge in [-0.2, -0.15) is 4.98 Å². The van der Waals surface area contributed by atoms with E-state index in [1.807, 2.05) is 26.0 Å². The minimum absolute atomic E-state index is 0.0382. The molecule has 0 aliphatic heterocycles. The average molecular weight is 294 g/mol. The van der Waals surface area contributed by atoms with Crippen LogP contribution in [0, 0.1) is 19.8 Å². The van der Waals surface area contributed by atoms with Crippen molar-refractivity contribution in [2.24, 2.45) is 5.92 Å². The quantitative estimate of drug-likeness (QED) is 0.910. The Kier molecular flexibility index (Phi) is 4.78. The van der Waals surface area contributed by atoms with Crippen LogP contribution in [0.2, 0.25) is 5.02 Å². The van der Waals surface area contributed by atoms with Gasteiger partial charge in [-0.1, -0.05) is 42.7 Å². The van der Waals surface area contributed by atoms with Crippen molar-refractivity contribution in [3.63, 3.8) is 0 Å². The van der Waals surface area contributed by atoms with Crippen LogP contribution in [0.5, 0.6) is 0 Å². The Morgan fingerprint density at radius 3 is 2.60 bits per heavy atom. The molecule has 0 aliphatic rings. The maximum Gasteiger partial charge on any atom is 0.244 e. The fourth-order valence-corrected chi connectivity index (χ4v) is 2.22. The maximum atomic E-state index is 6.14. The van der Waals surface area contributed by atoms with Crippen molar-refractivity contribution in [3.05, 3.63) is 46.1 Å². The summed E-state index contributed by atoms with van der Waals surface area (Å²) in [5.41, 5.74) is 2.23. The van der Waals surface area contributed by atoms with Gasteiger partial charge in [-0.25, -0.2) is 0 Å². The van der Waals surface area contributed by atoms with Gasteiger partial charge >= 0.3 is 0 Å². The topological polar surface area (TPSA) is 51.0 Å². The summed E-state index contributed by atoms with van der Waals surface area (Å²) in [7, 11) is 0. The zero-order chi connectivity index (χ0) is 14.7. The molecule has 0 bridgehead atoms. The molecule has 20 heavy (non-hydrogen) atoms. The van der Waals surface area contributed by atoms with E-state index in [0.29, 0.717) is 24.2 Å². The first-order chi connectivity index (χ1) is 9.47. The van der Waals surface area contributed by atoms with E-state index in [0.717, 1.165) is 16.1 Å². The molecule has 108 valence electrons. The summed E-state index contributed by atoms with van der Waals surface area (Å²) in [5, 5.41) is 8.10. The molecule has 5 heteroatoms. The summed E-state index contributed by atoms with van der Waals surface area (Å²) in [4.78, 5) is 4.31. The molecule has 0 radical (unpaired) electrons. The van der Waals surface area contributed by atoms with Crippen molar-refractivity contribution in [1.82, 2.24) is 15.5 Å². The lowest BCUT2D eigenvalue weighted by Gasteiger charge is -2.18. The number of nitrogens with one attached hydrogen (secondary N) is 1. The van der Waals surface area contributed by atoms with Crippen LogP contribution in [-0.2, 0) is 6.54 Å². The second-order valence-corrected chi connectivity index (χ2v) is 5.77. The minimum atomic E-state index is 0.0382. The number of aryl methyl sites for hydroxylation is 2. The second-order valence-electron chi connectivity index (χ2n) is 5.37. The molecule has 0 unspecified atom stereocenters. The molecule has 1 aromatic carbocycles. The second kappa shape index (κ2) is 6.37. The summed E-state index contributed by atoms with van der Waals surface area (Å²) >= 11 is 6.14. The lowest BCUT2D eigenvalue weighted by molar-refractivity contribution is 0.287. The number of halogens is 1. The Balaban J connectivity index is 2.07. The minimum Gasteiger partial charge on any atom is -0.338 e. The number of hydrogen-bond acceptors (Lipinski definition) is 4. The van der Waals surface area contributed by atoms with E-state index >= 15 is 0 Å². The van der Waals surface area contributed by atoms with Gasteiger partial charge < -0.3 is 9.84 Å². The van der Waals surface area contributed by atoms with Crippen LogP contribution in [0.1, 0.15) is 42.7 Å². The maximum absolute atomic E-state index is 6.14. The van der Waals surface area contributed by atoms with E-state index in [1.165, 1.54) is 0 Å². The van der Waals surface area contributed by atoms with Gasteiger partial charge in [-0.3, -0.25) is 0 Å². The highest BCUT2D eigenvalue weighted by Crippen LogP contribution is 2.22. The lowest BCUT2D eigenvalue weighted by Crippen LogP contribution is -2.25. The number of benzene rings is 1. The van der Waals surface area contributed by atoms with Gasteiger partial charge in [0.15, 0.2) is 5.82 Å². The molecule has 1 atom stereocenters. The van der Waals surface area contributed by atoms with Crippen molar-refractivity contribution >= 4 is 11.6 Å². The molecule has 0 saturated heterocycles. The molecular formula is C15H20ClN3O. The Morgan fingerprint density at radius 1 is 1.30 bits per heavy atom. The fourth-order valence-electron chi connectivity index (χ4n) is 2.02. The van der Waals surface area contributed by atoms with Crippen molar-refractivity contribution in [1.29, 1.82) is 0 Å². The SMILES string of the molecule is Cc1noc([C@@H](NCc2ccc(C)c(Cl)c2)C(C)C)n1. The summed E-state index contributed by atoms with van der Waals surface area (Å²) in [6.45, 7) is 8.78. The van der Waals surface area contributed by atoms with Gasteiger partial charge in [0.25, 0.3) is 0 Å². The molecule has 1 heterocycles. The summed E-state index contributed by atoms with van der Waals surface area (Å²) < 4.78 is 5.27. The van der Waals surface area contributed by atoms with Gasteiger partial charge in [0.05, 0.1) is 6.04 Å². The smallest absolute Gasteiger partial charge is 0.244 e. The monoisotopic (exact) mass is 293 g/mol. The van der Waals surface area contributed by atoms with Crippen LogP contribution in [0.4, 0.5) is 0 Å². The largest absolute Gasteiger partial charge is 0.338 e. The predicted octanol–water partition coefficient (Wildman–Crippen LogP) is 3.83. The van der Waals surface area contributed by atoms with Gasteiger partial charge in [-0.15, -0.1) is 0 Å². The van der Waals surface area contributed by atoms with Crippen molar-refractivity contribution in [3.8, 4) is 0 Å². The molecule has 0 fully saturated rings. The third-order valence-corrected chi connectivity index (χ3v) is 3.65. The van der Waals surface area contributed by atoms with Gasteiger partial charge in [-0.05, 0) is 37.0 Å². The first-order valence-electron chi connectivity index (χ1n) is 6.76. The van der Waals surface area contributed by atoms with Gasteiger partial charge in [0.1, 0.15) is 0 Å². The van der Waals surface area contributed by atoms with Crippen molar-refractivity contribution in [2.75, 3.05) is 0 Å². The van der Waals surface area contributed by atoms with E-state index in [-0.39, 0.29) is 6.04 Å². The lowest BCUT2D eigenvalue weighted by atomic mass is 10.0. The van der Waals surface area contributed by atoms with Gasteiger partial charge in [0, 0.05) is 11.6 Å². The molecular weight excluding hydrogens is 274 g/mol. The molecule has 0 spiro atoms. The van der Waals surface area contributed by atoms with Gasteiger partial charge in [0.2, 0.25) is 5.89 Å². The first-order valence-corrected chi connectivity index (χ1v) is 7.13. The molecule has 0 saturated carbocycles. The standard InChI is InChI=1S/C15H20ClN3O/c1-9(2)14(15-18-11(4)19-20-15)17-8-12-6-5-10(3)13(16)7-12/h5-7,9,14,17H,8H2,1-4H3/t14-/m0/s1. The fraction of sp³-hybridized carbons (Fsp3) is 0.467. The molecule has 2 aromatic rings. The zero-order valence-corrected chi connectivity index (χ0v) is 13.0. The number of nitrogens with zero attached hydrogens (tertiary/aromatic N) is 2. The summed E-state index contributed by atoms with van der Waals surface area (Å²) in [6.07, 6.45) is 0. The van der Waals surface area contributed by atoms with E-state index in [2.05, 4.69) is 35.4 Å². The number of hydrogen-bond donors (Lipinski definition) is 1. The highest BCUT2D eigenvalue weighted by molar-refractivity contribution is 6.31. The third kappa shape index (κ3) is 3.58. The van der Waals surface area contributed by atoms with Crippen LogP contribution in [0.15, 0.2) is 22.7 Å². The zero-order valence-electron chi connectivity index (χ0n) is 12.3. The van der Waals surface area contributed by atoms with Crippen LogP contribution in [-0.4, -0.2) is 10.1 Å². The average Bonchev–Trinajstić information content (AvgIpc) is 2.80. The molecule has 0 aliphatic carbocycles. The van der Waals surface area contributed by atoms with E-state index in [4.69, 9.17) is 16.1 Å². The highest BCUT2D eigenvalue weighted by Gasteiger charge is 2.21. The first kappa shape index (κ1) is 15.0. The highest BCUT2D eigenvalue weighted by atomic mass is 35.5. The normalized spacial score (nSPS) is 12.9. The molecule has 1 aromatic heterocycles. The number of aromatic nitrogens is 2. The Hall–Kier alpha value is -1.39. The summed E-state index contributed by atoms with van der Waals surface area (Å²) in [5.74, 6) is 1.65. The van der Waals surface area contributed by atoms with Crippen molar-refractivity contribution < 1.29 is 4.52 Å². The summed E-state index contributed by atoms with van der Waals surface area (Å²) in [6, 6.07) is 6.13. The Labute approximate surface area is 124 Å². The van der Waals surface area contributed by atoms with Crippen LogP contribution in [0.25, 0.3) is 0 Å². The third-order valence-electron chi connectivity index (χ3n) is 3.24. The van der Waals surface area contributed by atoms with E-state index in [1.54, 1.807) is 0 Å². The predicted molar refractivity (Wildman–Crippen MR) is 79.6 cm³/mol. The molecule has 0 amide bonds. The van der Waals surface area contributed by atoms with Crippen LogP contribution in [0.3, 0.4) is 0 Å². The molecule has 2 rings (SSSR count). The molecule has 1 N–H and O–H groups in total.